The lowest BCUT2D eigenvalue weighted by molar-refractivity contribution is -0.141. The Labute approximate surface area is 124 Å². The van der Waals surface area contributed by atoms with Crippen LogP contribution in [0.3, 0.4) is 0 Å². The smallest absolute Gasteiger partial charge is 0.327 e. The second-order valence-electron chi connectivity index (χ2n) is 4.05. The van der Waals surface area contributed by atoms with E-state index < -0.39 is 17.7 Å². The normalized spacial score (nSPS) is 10.2. The van der Waals surface area contributed by atoms with Gasteiger partial charge in [0.25, 0.3) is 5.91 Å². The standard InChI is InChI=1S/C13H11ClFN3O3/c1-21-11(19)7-18-6-8(5-16-18)17-13(20)12-9(14)3-2-4-10(12)15/h2-6H,7H2,1H3,(H,17,20). The summed E-state index contributed by atoms with van der Waals surface area (Å²) in [7, 11) is 1.26. The number of carbonyl (C=O) groups is 2. The molecule has 0 spiro atoms. The molecule has 0 saturated carbocycles. The lowest BCUT2D eigenvalue weighted by Gasteiger charge is -2.05. The quantitative estimate of drug-likeness (QED) is 0.878. The zero-order chi connectivity index (χ0) is 15.4. The molecule has 2 rings (SSSR count). The molecule has 1 heterocycles. The van der Waals surface area contributed by atoms with Gasteiger partial charge in [-0.25, -0.2) is 4.39 Å². The summed E-state index contributed by atoms with van der Waals surface area (Å²) in [6.45, 7) is -0.0905. The SMILES string of the molecule is COC(=O)Cn1cc(NC(=O)c2c(F)cccc2Cl)cn1. The Balaban J connectivity index is 2.12. The number of hydrogen-bond acceptors (Lipinski definition) is 4. The third-order valence-corrected chi connectivity index (χ3v) is 2.91. The topological polar surface area (TPSA) is 73.2 Å². The van der Waals surface area contributed by atoms with Crippen molar-refractivity contribution in [2.75, 3.05) is 12.4 Å². The Bertz CT molecular complexity index is 667. The number of ether oxygens (including phenoxy) is 1. The van der Waals surface area contributed by atoms with E-state index in [4.69, 9.17) is 11.6 Å². The van der Waals surface area contributed by atoms with E-state index >= 15 is 0 Å². The van der Waals surface area contributed by atoms with Crippen LogP contribution in [0.4, 0.5) is 10.1 Å². The highest BCUT2D eigenvalue weighted by atomic mass is 35.5. The minimum Gasteiger partial charge on any atom is -0.468 e. The number of nitrogens with one attached hydrogen (secondary N) is 1. The van der Waals surface area contributed by atoms with E-state index in [0.29, 0.717) is 5.69 Å². The van der Waals surface area contributed by atoms with E-state index in [2.05, 4.69) is 15.2 Å². The number of halogens is 2. The summed E-state index contributed by atoms with van der Waals surface area (Å²) in [5.41, 5.74) is 0.0584. The van der Waals surface area contributed by atoms with Gasteiger partial charge in [-0.15, -0.1) is 0 Å². The summed E-state index contributed by atoms with van der Waals surface area (Å²) in [6.07, 6.45) is 2.75. The van der Waals surface area contributed by atoms with Crippen LogP contribution < -0.4 is 5.32 Å². The number of esters is 1. The highest BCUT2D eigenvalue weighted by Gasteiger charge is 2.16. The van der Waals surface area contributed by atoms with Crippen LogP contribution in [0.15, 0.2) is 30.6 Å². The summed E-state index contributed by atoms with van der Waals surface area (Å²) in [4.78, 5) is 23.1. The number of aromatic nitrogens is 2. The number of hydrogen-bond donors (Lipinski definition) is 1. The molecule has 2 aromatic rings. The largest absolute Gasteiger partial charge is 0.468 e. The van der Waals surface area contributed by atoms with Crippen molar-refractivity contribution >= 4 is 29.2 Å². The fourth-order valence-electron chi connectivity index (χ4n) is 1.62. The lowest BCUT2D eigenvalue weighted by atomic mass is 10.2. The number of rotatable bonds is 4. The molecule has 1 N–H and O–H groups in total. The molecule has 21 heavy (non-hydrogen) atoms. The van der Waals surface area contributed by atoms with Gasteiger partial charge in [-0.05, 0) is 12.1 Å². The molecule has 0 bridgehead atoms. The molecule has 0 unspecified atom stereocenters. The highest BCUT2D eigenvalue weighted by molar-refractivity contribution is 6.34. The summed E-state index contributed by atoms with van der Waals surface area (Å²) < 4.78 is 19.4. The third-order valence-electron chi connectivity index (χ3n) is 2.60. The van der Waals surface area contributed by atoms with E-state index in [1.54, 1.807) is 0 Å². The fraction of sp³-hybridized carbons (Fsp3) is 0.154. The van der Waals surface area contributed by atoms with Crippen molar-refractivity contribution < 1.29 is 18.7 Å². The average Bonchev–Trinajstić information content (AvgIpc) is 2.85. The van der Waals surface area contributed by atoms with Crippen LogP contribution in [0.5, 0.6) is 0 Å². The minimum atomic E-state index is -0.720. The zero-order valence-corrected chi connectivity index (χ0v) is 11.7. The van der Waals surface area contributed by atoms with Gasteiger partial charge >= 0.3 is 5.97 Å². The number of nitrogens with zero attached hydrogens (tertiary/aromatic N) is 2. The number of benzene rings is 1. The number of methoxy groups -OCH3 is 1. The minimum absolute atomic E-state index is 0.00875. The first-order chi connectivity index (χ1) is 10.0. The maximum atomic E-state index is 13.6. The van der Waals surface area contributed by atoms with Crippen molar-refractivity contribution in [3.8, 4) is 0 Å². The second kappa shape index (κ2) is 6.36. The fourth-order valence-corrected chi connectivity index (χ4v) is 1.87. The Morgan fingerprint density at radius 1 is 1.48 bits per heavy atom. The van der Waals surface area contributed by atoms with Gasteiger partial charge in [0.15, 0.2) is 0 Å². The lowest BCUT2D eigenvalue weighted by Crippen LogP contribution is -2.14. The molecule has 1 aromatic carbocycles. The average molecular weight is 312 g/mol. The summed E-state index contributed by atoms with van der Waals surface area (Å²) in [5, 5.41) is 6.33. The molecule has 110 valence electrons. The monoisotopic (exact) mass is 311 g/mol. The number of anilines is 1. The van der Waals surface area contributed by atoms with E-state index in [9.17, 15) is 14.0 Å². The Morgan fingerprint density at radius 2 is 2.24 bits per heavy atom. The zero-order valence-electron chi connectivity index (χ0n) is 11.0. The molecular weight excluding hydrogens is 301 g/mol. The van der Waals surface area contributed by atoms with Crippen molar-refractivity contribution in [3.63, 3.8) is 0 Å². The van der Waals surface area contributed by atoms with Crippen molar-refractivity contribution in [2.24, 2.45) is 0 Å². The van der Waals surface area contributed by atoms with Crippen LogP contribution in [0.1, 0.15) is 10.4 Å². The number of amides is 1. The van der Waals surface area contributed by atoms with Gasteiger partial charge in [-0.3, -0.25) is 14.3 Å². The van der Waals surface area contributed by atoms with Crippen molar-refractivity contribution in [3.05, 3.63) is 47.0 Å². The first kappa shape index (κ1) is 15.0. The van der Waals surface area contributed by atoms with Gasteiger partial charge in [0.1, 0.15) is 12.4 Å². The Morgan fingerprint density at radius 3 is 2.90 bits per heavy atom. The van der Waals surface area contributed by atoms with Gasteiger partial charge in [0.05, 0.1) is 29.6 Å². The molecule has 6 nitrogen and oxygen atoms in total. The Hall–Kier alpha value is -2.41. The van der Waals surface area contributed by atoms with E-state index in [-0.39, 0.29) is 17.1 Å². The van der Waals surface area contributed by atoms with E-state index in [1.807, 2.05) is 0 Å². The molecular formula is C13H11ClFN3O3. The molecule has 0 aliphatic heterocycles. The Kier molecular flexibility index (Phi) is 4.54. The van der Waals surface area contributed by atoms with Crippen LogP contribution in [0.25, 0.3) is 0 Å². The summed E-state index contributed by atoms with van der Waals surface area (Å²) >= 11 is 5.80. The molecule has 0 aliphatic carbocycles. The maximum Gasteiger partial charge on any atom is 0.327 e. The van der Waals surface area contributed by atoms with Crippen LogP contribution in [0.2, 0.25) is 5.02 Å². The number of carbonyl (C=O) groups excluding carboxylic acids is 2. The van der Waals surface area contributed by atoms with Gasteiger partial charge in [-0.2, -0.15) is 5.10 Å². The third kappa shape index (κ3) is 3.57. The molecule has 0 saturated heterocycles. The summed E-state index contributed by atoms with van der Waals surface area (Å²) in [6, 6.07) is 3.96. The van der Waals surface area contributed by atoms with E-state index in [1.165, 1.54) is 36.3 Å². The van der Waals surface area contributed by atoms with Crippen LogP contribution in [-0.4, -0.2) is 28.8 Å². The molecule has 1 aromatic heterocycles. The van der Waals surface area contributed by atoms with Crippen molar-refractivity contribution in [1.82, 2.24) is 9.78 Å². The van der Waals surface area contributed by atoms with Gasteiger partial charge in [0, 0.05) is 6.20 Å². The first-order valence-corrected chi connectivity index (χ1v) is 6.23. The first-order valence-electron chi connectivity index (χ1n) is 5.86. The second-order valence-corrected chi connectivity index (χ2v) is 4.46. The van der Waals surface area contributed by atoms with Gasteiger partial charge in [0.2, 0.25) is 0 Å². The van der Waals surface area contributed by atoms with Crippen LogP contribution >= 0.6 is 11.6 Å². The molecule has 0 atom stereocenters. The highest BCUT2D eigenvalue weighted by Crippen LogP contribution is 2.20. The van der Waals surface area contributed by atoms with Crippen molar-refractivity contribution in [1.29, 1.82) is 0 Å². The van der Waals surface area contributed by atoms with Gasteiger partial charge < -0.3 is 10.1 Å². The molecule has 0 radical (unpaired) electrons. The van der Waals surface area contributed by atoms with Gasteiger partial charge in [-0.1, -0.05) is 17.7 Å². The van der Waals surface area contributed by atoms with Crippen LogP contribution in [0, 0.1) is 5.82 Å². The van der Waals surface area contributed by atoms with E-state index in [0.717, 1.165) is 6.07 Å². The molecule has 0 fully saturated rings. The molecule has 0 aliphatic rings. The predicted octanol–water partition coefficient (Wildman–Crippen LogP) is 2.10. The molecule has 1 amide bonds. The molecule has 8 heteroatoms. The maximum absolute atomic E-state index is 13.6. The van der Waals surface area contributed by atoms with Crippen molar-refractivity contribution in [2.45, 2.75) is 6.54 Å². The predicted molar refractivity (Wildman–Crippen MR) is 73.6 cm³/mol. The van der Waals surface area contributed by atoms with Crippen LogP contribution in [-0.2, 0) is 16.1 Å². The summed E-state index contributed by atoms with van der Waals surface area (Å²) in [5.74, 6) is -1.90.